The lowest BCUT2D eigenvalue weighted by Crippen LogP contribution is -2.43. The van der Waals surface area contributed by atoms with Crippen molar-refractivity contribution in [2.24, 2.45) is 0 Å². The van der Waals surface area contributed by atoms with Gasteiger partial charge in [-0.1, -0.05) is 42.5 Å². The average Bonchev–Trinajstić information content (AvgIpc) is 3.29. The summed E-state index contributed by atoms with van der Waals surface area (Å²) in [6.45, 7) is 0. The Hall–Kier alpha value is -3.86. The molecule has 3 aromatic carbocycles. The van der Waals surface area contributed by atoms with E-state index in [1.54, 1.807) is 12.5 Å². The summed E-state index contributed by atoms with van der Waals surface area (Å²) < 4.78 is 1.95. The fourth-order valence-electron chi connectivity index (χ4n) is 3.58. The standard InChI is InChI=1S/C23H18N4O/c28-23-20-8-4-5-9-21(20)25-22(27(23)19-6-2-1-3-7-19)17-10-12-18(13-11-17)26-15-14-24-16-26/h1-16,22,25H. The van der Waals surface area contributed by atoms with Crippen molar-refractivity contribution in [2.45, 2.75) is 6.17 Å². The van der Waals surface area contributed by atoms with Gasteiger partial charge in [0.15, 0.2) is 0 Å². The maximum Gasteiger partial charge on any atom is 0.262 e. The van der Waals surface area contributed by atoms with Crippen LogP contribution >= 0.6 is 0 Å². The number of aromatic nitrogens is 2. The molecule has 1 amide bonds. The Balaban J connectivity index is 1.58. The summed E-state index contributed by atoms with van der Waals surface area (Å²) in [7, 11) is 0. The fourth-order valence-corrected chi connectivity index (χ4v) is 3.58. The first kappa shape index (κ1) is 16.3. The van der Waals surface area contributed by atoms with Gasteiger partial charge in [0.2, 0.25) is 0 Å². The number of carbonyl (C=O) groups excluding carboxylic acids is 1. The van der Waals surface area contributed by atoms with Gasteiger partial charge in [0.05, 0.1) is 11.9 Å². The summed E-state index contributed by atoms with van der Waals surface area (Å²) in [5.74, 6) is -0.00997. The van der Waals surface area contributed by atoms with Crippen molar-refractivity contribution in [3.05, 3.63) is 109 Å². The maximum atomic E-state index is 13.3. The van der Waals surface area contributed by atoms with E-state index in [1.807, 2.05) is 94.5 Å². The first-order valence-electron chi connectivity index (χ1n) is 9.14. The molecule has 1 aromatic heterocycles. The predicted octanol–water partition coefficient (Wildman–Crippen LogP) is 4.64. The molecule has 0 radical (unpaired) electrons. The number of nitrogens with zero attached hydrogens (tertiary/aromatic N) is 3. The van der Waals surface area contributed by atoms with Crippen LogP contribution in [0, 0.1) is 0 Å². The number of amides is 1. The van der Waals surface area contributed by atoms with Gasteiger partial charge in [-0.3, -0.25) is 9.69 Å². The van der Waals surface area contributed by atoms with Gasteiger partial charge in [0, 0.05) is 29.5 Å². The Kier molecular flexibility index (Phi) is 3.91. The third-order valence-electron chi connectivity index (χ3n) is 4.97. The predicted molar refractivity (Wildman–Crippen MR) is 110 cm³/mol. The first-order valence-corrected chi connectivity index (χ1v) is 9.14. The number of imidazole rings is 1. The van der Waals surface area contributed by atoms with Gasteiger partial charge < -0.3 is 9.88 Å². The lowest BCUT2D eigenvalue weighted by atomic mass is 10.0. The largest absolute Gasteiger partial charge is 0.360 e. The van der Waals surface area contributed by atoms with E-state index < -0.39 is 0 Å². The van der Waals surface area contributed by atoms with E-state index in [4.69, 9.17) is 0 Å². The third-order valence-corrected chi connectivity index (χ3v) is 4.97. The molecule has 0 saturated carbocycles. The molecule has 4 aromatic rings. The highest BCUT2D eigenvalue weighted by Gasteiger charge is 2.33. The van der Waals surface area contributed by atoms with Gasteiger partial charge in [-0.25, -0.2) is 4.98 Å². The van der Waals surface area contributed by atoms with Crippen LogP contribution in [0.1, 0.15) is 22.1 Å². The lowest BCUT2D eigenvalue weighted by molar-refractivity contribution is 0.0975. The first-order chi connectivity index (χ1) is 13.8. The van der Waals surface area contributed by atoms with E-state index in [0.717, 1.165) is 22.6 Å². The number of carbonyl (C=O) groups is 1. The minimum Gasteiger partial charge on any atom is -0.360 e. The van der Waals surface area contributed by atoms with Gasteiger partial charge in [0.1, 0.15) is 6.17 Å². The molecule has 0 fully saturated rings. The molecule has 5 heteroatoms. The molecular formula is C23H18N4O. The van der Waals surface area contributed by atoms with Gasteiger partial charge in [-0.05, 0) is 42.0 Å². The molecule has 2 heterocycles. The molecule has 0 aliphatic carbocycles. The fraction of sp³-hybridized carbons (Fsp3) is 0.0435. The smallest absolute Gasteiger partial charge is 0.262 e. The molecule has 0 spiro atoms. The Morgan fingerprint density at radius 3 is 2.32 bits per heavy atom. The highest BCUT2D eigenvalue weighted by molar-refractivity contribution is 6.12. The van der Waals surface area contributed by atoms with Gasteiger partial charge >= 0.3 is 0 Å². The third kappa shape index (κ3) is 2.74. The van der Waals surface area contributed by atoms with Crippen LogP contribution in [-0.2, 0) is 0 Å². The lowest BCUT2D eigenvalue weighted by Gasteiger charge is -2.38. The van der Waals surface area contributed by atoms with E-state index in [2.05, 4.69) is 10.3 Å². The molecule has 1 aliphatic heterocycles. The summed E-state index contributed by atoms with van der Waals surface area (Å²) >= 11 is 0. The van der Waals surface area contributed by atoms with E-state index in [1.165, 1.54) is 0 Å². The quantitative estimate of drug-likeness (QED) is 0.574. The zero-order valence-electron chi connectivity index (χ0n) is 15.1. The number of benzene rings is 3. The molecule has 28 heavy (non-hydrogen) atoms. The maximum absolute atomic E-state index is 13.3. The summed E-state index contributed by atoms with van der Waals surface area (Å²) in [6, 6.07) is 25.6. The summed E-state index contributed by atoms with van der Waals surface area (Å²) in [5.41, 5.74) is 4.42. The molecule has 1 N–H and O–H groups in total. The van der Waals surface area contributed by atoms with Crippen LogP contribution < -0.4 is 10.2 Å². The van der Waals surface area contributed by atoms with Crippen molar-refractivity contribution >= 4 is 17.3 Å². The van der Waals surface area contributed by atoms with Gasteiger partial charge in [-0.15, -0.1) is 0 Å². The summed E-state index contributed by atoms with van der Waals surface area (Å²) in [5, 5.41) is 3.53. The topological polar surface area (TPSA) is 50.2 Å². The van der Waals surface area contributed by atoms with Crippen molar-refractivity contribution in [2.75, 3.05) is 10.2 Å². The van der Waals surface area contributed by atoms with Crippen LogP contribution in [-0.4, -0.2) is 15.5 Å². The van der Waals surface area contributed by atoms with E-state index >= 15 is 0 Å². The number of para-hydroxylation sites is 2. The van der Waals surface area contributed by atoms with Crippen molar-refractivity contribution in [1.82, 2.24) is 9.55 Å². The van der Waals surface area contributed by atoms with Crippen LogP contribution in [0.3, 0.4) is 0 Å². The molecule has 1 unspecified atom stereocenters. The number of nitrogens with one attached hydrogen (secondary N) is 1. The van der Waals surface area contributed by atoms with E-state index in [9.17, 15) is 4.79 Å². The van der Waals surface area contributed by atoms with Crippen LogP contribution in [0.4, 0.5) is 11.4 Å². The molecule has 0 bridgehead atoms. The van der Waals surface area contributed by atoms with Crippen LogP contribution in [0.15, 0.2) is 97.6 Å². The Labute approximate surface area is 162 Å². The minimum atomic E-state index is -0.290. The van der Waals surface area contributed by atoms with Crippen molar-refractivity contribution < 1.29 is 4.79 Å². The molecule has 1 aliphatic rings. The monoisotopic (exact) mass is 366 g/mol. The number of rotatable bonds is 3. The van der Waals surface area contributed by atoms with Gasteiger partial charge in [-0.2, -0.15) is 0 Å². The second kappa shape index (κ2) is 6.70. The number of anilines is 2. The molecular weight excluding hydrogens is 348 g/mol. The van der Waals surface area contributed by atoms with Crippen LogP contribution in [0.2, 0.25) is 0 Å². The zero-order chi connectivity index (χ0) is 18.9. The highest BCUT2D eigenvalue weighted by atomic mass is 16.2. The molecule has 5 nitrogen and oxygen atoms in total. The zero-order valence-corrected chi connectivity index (χ0v) is 15.1. The molecule has 136 valence electrons. The Morgan fingerprint density at radius 2 is 1.57 bits per heavy atom. The van der Waals surface area contributed by atoms with Crippen molar-refractivity contribution in [3.63, 3.8) is 0 Å². The van der Waals surface area contributed by atoms with Crippen molar-refractivity contribution in [3.8, 4) is 5.69 Å². The molecule has 0 saturated heterocycles. The second-order valence-corrected chi connectivity index (χ2v) is 6.66. The molecule has 1 atom stereocenters. The Morgan fingerprint density at radius 1 is 0.821 bits per heavy atom. The average molecular weight is 366 g/mol. The van der Waals surface area contributed by atoms with Gasteiger partial charge in [0.25, 0.3) is 5.91 Å². The second-order valence-electron chi connectivity index (χ2n) is 6.66. The molecule has 5 rings (SSSR count). The van der Waals surface area contributed by atoms with E-state index in [0.29, 0.717) is 5.56 Å². The number of hydrogen-bond donors (Lipinski definition) is 1. The summed E-state index contributed by atoms with van der Waals surface area (Å²) in [4.78, 5) is 19.2. The van der Waals surface area contributed by atoms with Crippen molar-refractivity contribution in [1.29, 1.82) is 0 Å². The van der Waals surface area contributed by atoms with Crippen LogP contribution in [0.5, 0.6) is 0 Å². The minimum absolute atomic E-state index is 0.00997. The number of hydrogen-bond acceptors (Lipinski definition) is 3. The van der Waals surface area contributed by atoms with Crippen LogP contribution in [0.25, 0.3) is 5.69 Å². The Bertz CT molecular complexity index is 1110. The number of fused-ring (bicyclic) bond motifs is 1. The van der Waals surface area contributed by atoms with E-state index in [-0.39, 0.29) is 12.1 Å². The summed E-state index contributed by atoms with van der Waals surface area (Å²) in [6.07, 6.45) is 5.14. The highest BCUT2D eigenvalue weighted by Crippen LogP contribution is 2.36. The SMILES string of the molecule is O=C1c2ccccc2NC(c2ccc(-n3ccnc3)cc2)N1c1ccccc1. The normalized spacial score (nSPS) is 15.8.